The molecule has 0 bridgehead atoms. The van der Waals surface area contributed by atoms with Gasteiger partial charge in [-0.2, -0.15) is 4.57 Å². The number of para-hydroxylation sites is 2. The van der Waals surface area contributed by atoms with Gasteiger partial charge in [0.25, 0.3) is 0 Å². The summed E-state index contributed by atoms with van der Waals surface area (Å²) in [5.74, 6) is 1.87. The average Bonchev–Trinajstić information content (AvgIpc) is 3.16. The molecule has 0 spiro atoms. The number of ether oxygens (including phenoxy) is 1. The summed E-state index contributed by atoms with van der Waals surface area (Å²) in [6.45, 7) is 0.815. The van der Waals surface area contributed by atoms with Crippen LogP contribution in [0.3, 0.4) is 0 Å². The fraction of sp³-hybridized carbons (Fsp3) is 0.0385. The lowest BCUT2D eigenvalue weighted by molar-refractivity contribution is -0.664. The number of pyridine rings is 2. The summed E-state index contributed by atoms with van der Waals surface area (Å²) in [4.78, 5) is 0. The number of aromatic nitrogens is 2. The maximum atomic E-state index is 6.38. The zero-order valence-corrected chi connectivity index (χ0v) is 15.7. The summed E-state index contributed by atoms with van der Waals surface area (Å²) in [6, 6.07) is 25.8. The van der Waals surface area contributed by atoms with E-state index in [-0.39, 0.29) is 0 Å². The smallest absolute Gasteiger partial charge is 0.217 e. The van der Waals surface area contributed by atoms with Crippen LogP contribution in [-0.4, -0.2) is 4.40 Å². The number of fused-ring (bicyclic) bond motifs is 10. The molecule has 2 aliphatic rings. The van der Waals surface area contributed by atoms with Crippen LogP contribution in [0.4, 0.5) is 0 Å². The third-order valence-corrected chi connectivity index (χ3v) is 6.11. The molecule has 0 radical (unpaired) electrons. The molecule has 5 aromatic rings. The molecule has 0 amide bonds. The Bertz CT molecular complexity index is 1550. The van der Waals surface area contributed by atoms with E-state index in [1.807, 2.05) is 0 Å². The Morgan fingerprint density at radius 1 is 0.828 bits per heavy atom. The van der Waals surface area contributed by atoms with Gasteiger partial charge in [0.05, 0.1) is 16.6 Å². The fourth-order valence-electron chi connectivity index (χ4n) is 4.75. The van der Waals surface area contributed by atoms with Crippen molar-refractivity contribution in [3.05, 3.63) is 102 Å². The molecule has 29 heavy (non-hydrogen) atoms. The van der Waals surface area contributed by atoms with Crippen molar-refractivity contribution in [3.63, 3.8) is 0 Å². The van der Waals surface area contributed by atoms with Crippen molar-refractivity contribution in [3.8, 4) is 5.75 Å². The highest BCUT2D eigenvalue weighted by atomic mass is 16.5. The van der Waals surface area contributed by atoms with Gasteiger partial charge in [-0.3, -0.25) is 0 Å². The molecule has 0 aliphatic carbocycles. The molecular weight excluding hydrogens is 356 g/mol. The zero-order valence-electron chi connectivity index (χ0n) is 15.7. The summed E-state index contributed by atoms with van der Waals surface area (Å²) in [6.07, 6.45) is 6.58. The first-order valence-corrected chi connectivity index (χ1v) is 9.92. The van der Waals surface area contributed by atoms with Gasteiger partial charge in [-0.05, 0) is 36.4 Å². The van der Waals surface area contributed by atoms with E-state index < -0.39 is 0 Å². The summed E-state index contributed by atoms with van der Waals surface area (Å²) < 4.78 is 11.0. The highest BCUT2D eigenvalue weighted by molar-refractivity contribution is 5.99. The zero-order chi connectivity index (χ0) is 18.9. The Balaban J connectivity index is 1.53. The molecule has 3 heteroatoms. The van der Waals surface area contributed by atoms with Crippen LogP contribution in [0.5, 0.6) is 5.75 Å². The summed E-state index contributed by atoms with van der Waals surface area (Å²) in [7, 11) is 0. The maximum Gasteiger partial charge on any atom is 0.217 e. The highest BCUT2D eigenvalue weighted by Gasteiger charge is 2.31. The predicted octanol–water partition coefficient (Wildman–Crippen LogP) is 5.36. The van der Waals surface area contributed by atoms with Gasteiger partial charge in [0.15, 0.2) is 6.54 Å². The van der Waals surface area contributed by atoms with Crippen LogP contribution in [0, 0.1) is 0 Å². The Morgan fingerprint density at radius 2 is 1.69 bits per heavy atom. The Hall–Kier alpha value is -3.85. The average molecular weight is 373 g/mol. The number of nitrogens with zero attached hydrogens (tertiary/aromatic N) is 2. The third kappa shape index (κ3) is 1.99. The second-order valence-corrected chi connectivity index (χ2v) is 7.67. The van der Waals surface area contributed by atoms with E-state index in [0.717, 1.165) is 29.2 Å². The van der Waals surface area contributed by atoms with E-state index >= 15 is 0 Å². The standard InChI is InChI=1S/C26H17N2O/c1-3-7-21-17(5-1)9-10-23-19-16-20-24-15-18-6-2-4-8-22(18)28(24)14-12-26(20)29-25(19)11-13-27(21)23/h1-12,14-16H,13H2/q+1. The number of hydrogen-bond acceptors (Lipinski definition) is 1. The van der Waals surface area contributed by atoms with Crippen molar-refractivity contribution in [2.75, 3.05) is 0 Å². The summed E-state index contributed by atoms with van der Waals surface area (Å²) >= 11 is 0. The second kappa shape index (κ2) is 5.36. The van der Waals surface area contributed by atoms with Gasteiger partial charge >= 0.3 is 0 Å². The number of allylic oxidation sites excluding steroid dienone is 2. The van der Waals surface area contributed by atoms with Crippen LogP contribution in [0.25, 0.3) is 39.0 Å². The normalized spacial score (nSPS) is 14.8. The minimum absolute atomic E-state index is 0.815. The topological polar surface area (TPSA) is 17.5 Å². The van der Waals surface area contributed by atoms with Crippen LogP contribution in [0.15, 0.2) is 90.8 Å². The first-order valence-electron chi connectivity index (χ1n) is 9.92. The van der Waals surface area contributed by atoms with E-state index in [9.17, 15) is 0 Å². The van der Waals surface area contributed by atoms with Crippen molar-refractivity contribution >= 4 is 39.0 Å². The lowest BCUT2D eigenvalue weighted by atomic mass is 9.98. The summed E-state index contributed by atoms with van der Waals surface area (Å²) in [5, 5.41) is 2.50. The van der Waals surface area contributed by atoms with E-state index in [0.29, 0.717) is 0 Å². The number of hydrogen-bond donors (Lipinski definition) is 0. The fourth-order valence-corrected chi connectivity index (χ4v) is 4.75. The third-order valence-electron chi connectivity index (χ3n) is 6.11. The van der Waals surface area contributed by atoms with Crippen molar-refractivity contribution in [2.24, 2.45) is 0 Å². The van der Waals surface area contributed by atoms with E-state index in [4.69, 9.17) is 4.74 Å². The maximum absolute atomic E-state index is 6.38. The number of benzene rings is 2. The van der Waals surface area contributed by atoms with Gasteiger partial charge in [-0.1, -0.05) is 30.3 Å². The van der Waals surface area contributed by atoms with Crippen molar-refractivity contribution in [2.45, 2.75) is 6.54 Å². The molecule has 5 heterocycles. The molecule has 2 aliphatic heterocycles. The Kier molecular flexibility index (Phi) is 2.79. The van der Waals surface area contributed by atoms with Crippen molar-refractivity contribution in [1.82, 2.24) is 4.40 Å². The van der Waals surface area contributed by atoms with Gasteiger partial charge in [0.2, 0.25) is 11.2 Å². The van der Waals surface area contributed by atoms with Gasteiger partial charge in [-0.15, -0.1) is 0 Å². The molecule has 7 rings (SSSR count). The molecule has 0 saturated heterocycles. The van der Waals surface area contributed by atoms with Gasteiger partial charge in [0.1, 0.15) is 11.5 Å². The second-order valence-electron chi connectivity index (χ2n) is 7.67. The van der Waals surface area contributed by atoms with Crippen molar-refractivity contribution < 1.29 is 9.30 Å². The molecular formula is C26H17N2O+. The SMILES string of the molecule is C1=C2Oc3ccn4c(cc5ccccc54)c3C=C2c2ccc3ccccc3[n+]2C1. The monoisotopic (exact) mass is 373 g/mol. The van der Waals surface area contributed by atoms with Crippen LogP contribution in [0.2, 0.25) is 0 Å². The molecule has 136 valence electrons. The van der Waals surface area contributed by atoms with Crippen LogP contribution in [-0.2, 0) is 6.54 Å². The van der Waals surface area contributed by atoms with Crippen LogP contribution in [0.1, 0.15) is 11.3 Å². The lowest BCUT2D eigenvalue weighted by Crippen LogP contribution is -2.41. The van der Waals surface area contributed by atoms with Gasteiger partial charge in [-0.25, -0.2) is 0 Å². The van der Waals surface area contributed by atoms with Gasteiger partial charge < -0.3 is 9.14 Å². The summed E-state index contributed by atoms with van der Waals surface area (Å²) in [5.41, 5.74) is 7.12. The molecule has 3 nitrogen and oxygen atoms in total. The Labute approximate surface area is 167 Å². The largest absolute Gasteiger partial charge is 0.456 e. The van der Waals surface area contributed by atoms with Crippen molar-refractivity contribution in [1.29, 1.82) is 0 Å². The first-order chi connectivity index (χ1) is 14.4. The van der Waals surface area contributed by atoms with E-state index in [2.05, 4.69) is 100 Å². The first kappa shape index (κ1) is 15.1. The molecule has 0 fully saturated rings. The highest BCUT2D eigenvalue weighted by Crippen LogP contribution is 2.40. The minimum atomic E-state index is 0.815. The molecule has 0 saturated carbocycles. The lowest BCUT2D eigenvalue weighted by Gasteiger charge is -2.23. The predicted molar refractivity (Wildman–Crippen MR) is 116 cm³/mol. The Morgan fingerprint density at radius 3 is 2.66 bits per heavy atom. The molecule has 0 atom stereocenters. The molecule has 0 N–H and O–H groups in total. The van der Waals surface area contributed by atoms with Crippen LogP contribution >= 0.6 is 0 Å². The van der Waals surface area contributed by atoms with E-state index in [1.165, 1.54) is 33.0 Å². The molecule has 3 aromatic heterocycles. The minimum Gasteiger partial charge on any atom is -0.456 e. The molecule has 0 unspecified atom stereocenters. The quantitative estimate of drug-likeness (QED) is 0.334. The van der Waals surface area contributed by atoms with E-state index in [1.54, 1.807) is 0 Å². The number of rotatable bonds is 0. The van der Waals surface area contributed by atoms with Gasteiger partial charge in [0, 0.05) is 40.7 Å². The molecule has 2 aromatic carbocycles. The van der Waals surface area contributed by atoms with Crippen LogP contribution < -0.4 is 9.30 Å².